The number of nitrogens with one attached hydrogen (secondary N) is 1. The Labute approximate surface area is 94.3 Å². The molecule has 5 nitrogen and oxygen atoms in total. The standard InChI is InChI=1S/C10H14N2O3S/c11-16(14,15)10-2-1-7-3-9(6-13)12-5-8(7)4-10/h1-2,4,9,12-13H,3,5-6H2,(H2,11,14,15)/t9-/m1/s1. The van der Waals surface area contributed by atoms with Crippen LogP contribution in [0.25, 0.3) is 0 Å². The first-order valence-electron chi connectivity index (χ1n) is 4.99. The Kier molecular flexibility index (Phi) is 2.98. The molecule has 1 aliphatic heterocycles. The summed E-state index contributed by atoms with van der Waals surface area (Å²) >= 11 is 0. The molecule has 0 aromatic heterocycles. The van der Waals surface area contributed by atoms with Crippen LogP contribution in [0.4, 0.5) is 0 Å². The number of sulfonamides is 1. The lowest BCUT2D eigenvalue weighted by Gasteiger charge is -2.24. The maximum Gasteiger partial charge on any atom is 0.238 e. The molecular formula is C10H14N2O3S. The zero-order valence-electron chi connectivity index (χ0n) is 8.68. The van der Waals surface area contributed by atoms with E-state index < -0.39 is 10.0 Å². The Morgan fingerprint density at radius 1 is 1.44 bits per heavy atom. The van der Waals surface area contributed by atoms with E-state index in [1.807, 2.05) is 0 Å². The number of hydrogen-bond donors (Lipinski definition) is 3. The topological polar surface area (TPSA) is 92.4 Å². The van der Waals surface area contributed by atoms with Gasteiger partial charge in [0, 0.05) is 12.6 Å². The fourth-order valence-corrected chi connectivity index (χ4v) is 2.43. The van der Waals surface area contributed by atoms with Crippen LogP contribution in [0.15, 0.2) is 23.1 Å². The molecule has 0 fully saturated rings. The van der Waals surface area contributed by atoms with Crippen molar-refractivity contribution in [3.05, 3.63) is 29.3 Å². The Hall–Kier alpha value is -0.950. The highest BCUT2D eigenvalue weighted by molar-refractivity contribution is 7.89. The third-order valence-electron chi connectivity index (χ3n) is 2.77. The van der Waals surface area contributed by atoms with E-state index in [1.165, 1.54) is 6.07 Å². The van der Waals surface area contributed by atoms with Crippen molar-refractivity contribution in [1.82, 2.24) is 5.32 Å². The molecule has 0 saturated heterocycles. The van der Waals surface area contributed by atoms with Gasteiger partial charge in [-0.05, 0) is 29.7 Å². The van der Waals surface area contributed by atoms with Crippen LogP contribution in [-0.2, 0) is 23.0 Å². The van der Waals surface area contributed by atoms with Crippen molar-refractivity contribution < 1.29 is 13.5 Å². The maximum atomic E-state index is 11.2. The van der Waals surface area contributed by atoms with Crippen molar-refractivity contribution >= 4 is 10.0 Å². The van der Waals surface area contributed by atoms with E-state index >= 15 is 0 Å². The van der Waals surface area contributed by atoms with E-state index in [4.69, 9.17) is 10.2 Å². The normalized spacial score (nSPS) is 20.5. The summed E-state index contributed by atoms with van der Waals surface area (Å²) in [5, 5.41) is 17.2. The average molecular weight is 242 g/mol. The summed E-state index contributed by atoms with van der Waals surface area (Å²) in [5.41, 5.74) is 1.99. The molecule has 1 heterocycles. The first kappa shape index (κ1) is 11.5. The van der Waals surface area contributed by atoms with Gasteiger partial charge in [-0.1, -0.05) is 6.07 Å². The molecule has 0 spiro atoms. The minimum atomic E-state index is -3.63. The molecule has 6 heteroatoms. The van der Waals surface area contributed by atoms with Crippen LogP contribution in [-0.4, -0.2) is 26.2 Å². The number of aliphatic hydroxyl groups is 1. The zero-order valence-corrected chi connectivity index (χ0v) is 9.50. The van der Waals surface area contributed by atoms with Gasteiger partial charge in [0.05, 0.1) is 11.5 Å². The van der Waals surface area contributed by atoms with E-state index in [-0.39, 0.29) is 17.5 Å². The van der Waals surface area contributed by atoms with E-state index in [0.29, 0.717) is 13.0 Å². The van der Waals surface area contributed by atoms with Crippen molar-refractivity contribution in [2.75, 3.05) is 6.61 Å². The Morgan fingerprint density at radius 3 is 2.81 bits per heavy atom. The van der Waals surface area contributed by atoms with Gasteiger partial charge in [0.1, 0.15) is 0 Å². The van der Waals surface area contributed by atoms with Crippen LogP contribution in [0.3, 0.4) is 0 Å². The fraction of sp³-hybridized carbons (Fsp3) is 0.400. The second-order valence-corrected chi connectivity index (χ2v) is 5.50. The van der Waals surface area contributed by atoms with Gasteiger partial charge >= 0.3 is 0 Å². The summed E-state index contributed by atoms with van der Waals surface area (Å²) in [6.45, 7) is 0.639. The van der Waals surface area contributed by atoms with Gasteiger partial charge in [-0.2, -0.15) is 0 Å². The summed E-state index contributed by atoms with van der Waals surface area (Å²) in [6.07, 6.45) is 0.705. The van der Waals surface area contributed by atoms with Crippen LogP contribution < -0.4 is 10.5 Å². The summed E-state index contributed by atoms with van der Waals surface area (Å²) < 4.78 is 22.3. The molecule has 2 rings (SSSR count). The lowest BCUT2D eigenvalue weighted by Crippen LogP contribution is -2.38. The zero-order chi connectivity index (χ0) is 11.8. The number of hydrogen-bond acceptors (Lipinski definition) is 4. The van der Waals surface area contributed by atoms with Crippen LogP contribution >= 0.6 is 0 Å². The second-order valence-electron chi connectivity index (χ2n) is 3.94. The van der Waals surface area contributed by atoms with Crippen LogP contribution in [0.2, 0.25) is 0 Å². The molecule has 0 radical (unpaired) electrons. The van der Waals surface area contributed by atoms with Gasteiger partial charge in [0.2, 0.25) is 10.0 Å². The summed E-state index contributed by atoms with van der Waals surface area (Å²) in [6, 6.07) is 4.91. The summed E-state index contributed by atoms with van der Waals surface area (Å²) in [7, 11) is -3.63. The molecule has 0 saturated carbocycles. The quantitative estimate of drug-likeness (QED) is 0.642. The predicted octanol–water partition coefficient (Wildman–Crippen LogP) is -0.659. The molecule has 0 bridgehead atoms. The SMILES string of the molecule is NS(=O)(=O)c1ccc2c(c1)CN[C@@H](CO)C2. The molecule has 4 N–H and O–H groups in total. The van der Waals surface area contributed by atoms with Crippen molar-refractivity contribution in [2.24, 2.45) is 5.14 Å². The van der Waals surface area contributed by atoms with E-state index in [2.05, 4.69) is 5.32 Å². The molecule has 0 aliphatic carbocycles. The lowest BCUT2D eigenvalue weighted by molar-refractivity contribution is 0.236. The molecule has 1 aromatic carbocycles. The number of rotatable bonds is 2. The Bertz CT molecular complexity index is 499. The van der Waals surface area contributed by atoms with Gasteiger partial charge < -0.3 is 10.4 Å². The fourth-order valence-electron chi connectivity index (χ4n) is 1.86. The van der Waals surface area contributed by atoms with E-state index in [0.717, 1.165) is 11.1 Å². The molecule has 88 valence electrons. The highest BCUT2D eigenvalue weighted by Gasteiger charge is 2.19. The second kappa shape index (κ2) is 4.14. The summed E-state index contributed by atoms with van der Waals surface area (Å²) in [4.78, 5) is 0.135. The largest absolute Gasteiger partial charge is 0.395 e. The number of aliphatic hydroxyl groups excluding tert-OH is 1. The first-order valence-corrected chi connectivity index (χ1v) is 6.54. The first-order chi connectivity index (χ1) is 7.50. The van der Waals surface area contributed by atoms with Gasteiger partial charge in [-0.25, -0.2) is 13.6 Å². The molecule has 16 heavy (non-hydrogen) atoms. The van der Waals surface area contributed by atoms with Crippen molar-refractivity contribution in [3.8, 4) is 0 Å². The molecule has 0 amide bonds. The maximum absolute atomic E-state index is 11.2. The number of primary sulfonamides is 1. The monoisotopic (exact) mass is 242 g/mol. The van der Waals surface area contributed by atoms with Crippen LogP contribution in [0, 0.1) is 0 Å². The van der Waals surface area contributed by atoms with Crippen molar-refractivity contribution in [1.29, 1.82) is 0 Å². The molecule has 0 unspecified atom stereocenters. The lowest BCUT2D eigenvalue weighted by atomic mass is 9.96. The van der Waals surface area contributed by atoms with Crippen LogP contribution in [0.5, 0.6) is 0 Å². The third kappa shape index (κ3) is 2.25. The van der Waals surface area contributed by atoms with Crippen molar-refractivity contribution in [2.45, 2.75) is 23.9 Å². The highest BCUT2D eigenvalue weighted by Crippen LogP contribution is 2.20. The number of fused-ring (bicyclic) bond motifs is 1. The van der Waals surface area contributed by atoms with Gasteiger partial charge in [0.25, 0.3) is 0 Å². The number of benzene rings is 1. The smallest absolute Gasteiger partial charge is 0.238 e. The minimum absolute atomic E-state index is 0.0489. The molecule has 1 aliphatic rings. The Balaban J connectivity index is 2.35. The molecular weight excluding hydrogens is 228 g/mol. The van der Waals surface area contributed by atoms with Crippen molar-refractivity contribution in [3.63, 3.8) is 0 Å². The van der Waals surface area contributed by atoms with Gasteiger partial charge in [0.15, 0.2) is 0 Å². The molecule has 1 atom stereocenters. The van der Waals surface area contributed by atoms with Gasteiger partial charge in [-0.3, -0.25) is 0 Å². The van der Waals surface area contributed by atoms with Gasteiger partial charge in [-0.15, -0.1) is 0 Å². The van der Waals surface area contributed by atoms with Crippen LogP contribution in [0.1, 0.15) is 11.1 Å². The minimum Gasteiger partial charge on any atom is -0.395 e. The number of nitrogens with two attached hydrogens (primary N) is 1. The van der Waals surface area contributed by atoms with E-state index in [9.17, 15) is 8.42 Å². The average Bonchev–Trinajstić information content (AvgIpc) is 2.26. The predicted molar refractivity (Wildman–Crippen MR) is 59.2 cm³/mol. The molecule has 1 aromatic rings. The van der Waals surface area contributed by atoms with E-state index in [1.54, 1.807) is 12.1 Å². The third-order valence-corrected chi connectivity index (χ3v) is 3.69. The highest BCUT2D eigenvalue weighted by atomic mass is 32.2. The Morgan fingerprint density at radius 2 is 2.19 bits per heavy atom. The summed E-state index contributed by atoms with van der Waals surface area (Å²) in [5.74, 6) is 0.